The third kappa shape index (κ3) is 4.76. The van der Waals surface area contributed by atoms with Gasteiger partial charge in [-0.05, 0) is 55.5 Å². The van der Waals surface area contributed by atoms with Gasteiger partial charge in [0.05, 0.1) is 25.0 Å². The number of nitrogens with zero attached hydrogens (tertiary/aromatic N) is 1. The van der Waals surface area contributed by atoms with E-state index in [0.717, 1.165) is 17.2 Å². The number of pyridine rings is 1. The molecule has 0 bridgehead atoms. The minimum absolute atomic E-state index is 0.228. The van der Waals surface area contributed by atoms with Gasteiger partial charge in [-0.2, -0.15) is 0 Å². The van der Waals surface area contributed by atoms with Crippen molar-refractivity contribution in [3.63, 3.8) is 0 Å². The smallest absolute Gasteiger partial charge is 0.257 e. The topological polar surface area (TPSA) is 72.5 Å². The zero-order valence-electron chi connectivity index (χ0n) is 15.2. The quantitative estimate of drug-likeness (QED) is 0.647. The number of para-hydroxylation sites is 2. The van der Waals surface area contributed by atoms with Crippen LogP contribution in [-0.4, -0.2) is 24.6 Å². The fraction of sp³-hybridized carbons (Fsp3) is 0.143. The lowest BCUT2D eigenvalue weighted by Gasteiger charge is -2.12. The Bertz CT molecular complexity index is 893. The van der Waals surface area contributed by atoms with Crippen LogP contribution in [0.15, 0.2) is 66.9 Å². The van der Waals surface area contributed by atoms with E-state index in [1.165, 1.54) is 6.20 Å². The van der Waals surface area contributed by atoms with Crippen molar-refractivity contribution in [2.24, 2.45) is 0 Å². The number of aromatic nitrogens is 1. The first kappa shape index (κ1) is 18.3. The van der Waals surface area contributed by atoms with Gasteiger partial charge in [0.2, 0.25) is 0 Å². The van der Waals surface area contributed by atoms with Crippen LogP contribution >= 0.6 is 0 Å². The van der Waals surface area contributed by atoms with Gasteiger partial charge in [-0.15, -0.1) is 0 Å². The molecule has 0 fully saturated rings. The molecule has 0 saturated heterocycles. The van der Waals surface area contributed by atoms with Crippen LogP contribution in [0.2, 0.25) is 0 Å². The summed E-state index contributed by atoms with van der Waals surface area (Å²) in [7, 11) is 1.60. The van der Waals surface area contributed by atoms with Crippen molar-refractivity contribution in [1.29, 1.82) is 0 Å². The molecule has 0 saturated carbocycles. The predicted molar refractivity (Wildman–Crippen MR) is 106 cm³/mol. The minimum Gasteiger partial charge on any atom is -0.497 e. The number of rotatable bonds is 7. The molecule has 6 heteroatoms. The van der Waals surface area contributed by atoms with Crippen molar-refractivity contribution in [3.05, 3.63) is 72.4 Å². The number of benzene rings is 2. The molecule has 0 aliphatic carbocycles. The van der Waals surface area contributed by atoms with Gasteiger partial charge in [0.15, 0.2) is 0 Å². The summed E-state index contributed by atoms with van der Waals surface area (Å²) in [4.78, 5) is 16.7. The molecule has 3 aromatic rings. The lowest BCUT2D eigenvalue weighted by Crippen LogP contribution is -2.12. The van der Waals surface area contributed by atoms with Crippen molar-refractivity contribution in [3.8, 4) is 11.5 Å². The number of ether oxygens (including phenoxy) is 2. The number of carbonyl (C=O) groups excluding carboxylic acids is 1. The molecular formula is C21H21N3O3. The Hall–Kier alpha value is -3.54. The number of nitrogens with one attached hydrogen (secondary N) is 2. The third-order valence-corrected chi connectivity index (χ3v) is 3.82. The number of hydrogen-bond donors (Lipinski definition) is 2. The highest BCUT2D eigenvalue weighted by atomic mass is 16.5. The summed E-state index contributed by atoms with van der Waals surface area (Å²) in [6, 6.07) is 18.3. The first-order valence-corrected chi connectivity index (χ1v) is 8.60. The second-order valence-electron chi connectivity index (χ2n) is 5.67. The molecule has 138 valence electrons. The van der Waals surface area contributed by atoms with E-state index in [-0.39, 0.29) is 5.91 Å². The monoisotopic (exact) mass is 363 g/mol. The second kappa shape index (κ2) is 8.71. The fourth-order valence-corrected chi connectivity index (χ4v) is 2.47. The zero-order chi connectivity index (χ0) is 19.1. The van der Waals surface area contributed by atoms with Crippen LogP contribution in [0.4, 0.5) is 17.2 Å². The number of hydrogen-bond acceptors (Lipinski definition) is 5. The van der Waals surface area contributed by atoms with E-state index in [4.69, 9.17) is 9.47 Å². The van der Waals surface area contributed by atoms with Crippen LogP contribution in [0.25, 0.3) is 0 Å². The van der Waals surface area contributed by atoms with E-state index in [0.29, 0.717) is 23.7 Å². The zero-order valence-corrected chi connectivity index (χ0v) is 15.2. The molecule has 0 aliphatic rings. The van der Waals surface area contributed by atoms with Crippen molar-refractivity contribution >= 4 is 23.1 Å². The highest BCUT2D eigenvalue weighted by Gasteiger charge is 2.08. The summed E-state index contributed by atoms with van der Waals surface area (Å²) in [6.07, 6.45) is 1.53. The van der Waals surface area contributed by atoms with Gasteiger partial charge in [0.25, 0.3) is 5.91 Å². The van der Waals surface area contributed by atoms with E-state index in [2.05, 4.69) is 15.6 Å². The summed E-state index contributed by atoms with van der Waals surface area (Å²) < 4.78 is 10.7. The molecule has 0 unspecified atom stereocenters. The van der Waals surface area contributed by atoms with Gasteiger partial charge in [-0.1, -0.05) is 12.1 Å². The minimum atomic E-state index is -0.228. The van der Waals surface area contributed by atoms with Gasteiger partial charge in [-0.25, -0.2) is 4.98 Å². The van der Waals surface area contributed by atoms with Crippen LogP contribution in [0, 0.1) is 0 Å². The van der Waals surface area contributed by atoms with E-state index < -0.39 is 0 Å². The first-order valence-electron chi connectivity index (χ1n) is 8.60. The first-order chi connectivity index (χ1) is 13.2. The lowest BCUT2D eigenvalue weighted by atomic mass is 10.2. The SMILES string of the molecule is CCOc1ccccc1Nc1ccc(C(=O)Nc2ccc(OC)cc2)cn1. The lowest BCUT2D eigenvalue weighted by molar-refractivity contribution is 0.102. The van der Waals surface area contributed by atoms with Gasteiger partial charge in [-0.3, -0.25) is 4.79 Å². The van der Waals surface area contributed by atoms with E-state index in [9.17, 15) is 4.79 Å². The Labute approximate surface area is 158 Å². The molecule has 1 amide bonds. The molecule has 1 aromatic heterocycles. The maximum absolute atomic E-state index is 12.4. The highest BCUT2D eigenvalue weighted by Crippen LogP contribution is 2.26. The Morgan fingerprint density at radius 3 is 2.48 bits per heavy atom. The number of anilines is 3. The van der Waals surface area contributed by atoms with Crippen LogP contribution in [0.3, 0.4) is 0 Å². The van der Waals surface area contributed by atoms with Gasteiger partial charge in [0.1, 0.15) is 17.3 Å². The standard InChI is InChI=1S/C21H21N3O3/c1-3-27-19-7-5-4-6-18(19)24-20-13-8-15(14-22-20)21(25)23-16-9-11-17(26-2)12-10-16/h4-14H,3H2,1-2H3,(H,22,24)(H,23,25). The molecule has 0 aliphatic heterocycles. The summed E-state index contributed by atoms with van der Waals surface area (Å²) in [5.74, 6) is 1.89. The molecule has 0 radical (unpaired) electrons. The largest absolute Gasteiger partial charge is 0.497 e. The van der Waals surface area contributed by atoms with Gasteiger partial charge >= 0.3 is 0 Å². The summed E-state index contributed by atoms with van der Waals surface area (Å²) in [6.45, 7) is 2.52. The van der Waals surface area contributed by atoms with E-state index >= 15 is 0 Å². The van der Waals surface area contributed by atoms with Crippen molar-refractivity contribution in [2.75, 3.05) is 24.4 Å². The second-order valence-corrected chi connectivity index (χ2v) is 5.67. The normalized spacial score (nSPS) is 10.1. The van der Waals surface area contributed by atoms with Crippen molar-refractivity contribution in [1.82, 2.24) is 4.98 Å². The van der Waals surface area contributed by atoms with Crippen LogP contribution in [0.1, 0.15) is 17.3 Å². The van der Waals surface area contributed by atoms with Gasteiger partial charge in [0, 0.05) is 11.9 Å². The Kier molecular flexibility index (Phi) is 5.89. The molecule has 0 atom stereocenters. The molecule has 27 heavy (non-hydrogen) atoms. The third-order valence-electron chi connectivity index (χ3n) is 3.82. The molecule has 2 N–H and O–H groups in total. The number of amides is 1. The molecule has 1 heterocycles. The Morgan fingerprint density at radius 1 is 1.04 bits per heavy atom. The highest BCUT2D eigenvalue weighted by molar-refractivity contribution is 6.04. The van der Waals surface area contributed by atoms with E-state index in [1.807, 2.05) is 31.2 Å². The summed E-state index contributed by atoms with van der Waals surface area (Å²) >= 11 is 0. The number of methoxy groups -OCH3 is 1. The van der Waals surface area contributed by atoms with Crippen LogP contribution < -0.4 is 20.1 Å². The molecular weight excluding hydrogens is 342 g/mol. The average Bonchev–Trinajstić information content (AvgIpc) is 2.71. The summed E-state index contributed by atoms with van der Waals surface area (Å²) in [5, 5.41) is 6.03. The van der Waals surface area contributed by atoms with Crippen molar-refractivity contribution in [2.45, 2.75) is 6.92 Å². The molecule has 2 aromatic carbocycles. The fourth-order valence-electron chi connectivity index (χ4n) is 2.47. The predicted octanol–water partition coefficient (Wildman–Crippen LogP) is 4.48. The molecule has 3 rings (SSSR count). The maximum atomic E-state index is 12.4. The Balaban J connectivity index is 1.66. The van der Waals surface area contributed by atoms with Gasteiger partial charge < -0.3 is 20.1 Å². The van der Waals surface area contributed by atoms with E-state index in [1.54, 1.807) is 43.5 Å². The summed E-state index contributed by atoms with van der Waals surface area (Å²) in [5.41, 5.74) is 1.98. The molecule has 6 nitrogen and oxygen atoms in total. The average molecular weight is 363 g/mol. The van der Waals surface area contributed by atoms with Crippen molar-refractivity contribution < 1.29 is 14.3 Å². The van der Waals surface area contributed by atoms with Crippen LogP contribution in [-0.2, 0) is 0 Å². The number of carbonyl (C=O) groups is 1. The van der Waals surface area contributed by atoms with Crippen LogP contribution in [0.5, 0.6) is 11.5 Å². The maximum Gasteiger partial charge on any atom is 0.257 e. The Morgan fingerprint density at radius 2 is 1.81 bits per heavy atom. The molecule has 0 spiro atoms.